The van der Waals surface area contributed by atoms with Gasteiger partial charge in [0, 0.05) is 18.1 Å². The number of hydrogen-bond acceptors (Lipinski definition) is 5. The molecule has 1 atom stereocenters. The molecule has 0 aliphatic carbocycles. The van der Waals surface area contributed by atoms with Crippen molar-refractivity contribution in [1.29, 1.82) is 0 Å². The topological polar surface area (TPSA) is 84.0 Å². The Bertz CT molecular complexity index is 703. The zero-order valence-electron chi connectivity index (χ0n) is 14.6. The van der Waals surface area contributed by atoms with Crippen LogP contribution >= 0.6 is 24.8 Å². The summed E-state index contributed by atoms with van der Waals surface area (Å²) in [7, 11) is 0. The van der Waals surface area contributed by atoms with Crippen molar-refractivity contribution in [3.8, 4) is 0 Å². The molecule has 0 radical (unpaired) electrons. The van der Waals surface area contributed by atoms with Crippen LogP contribution in [0.3, 0.4) is 0 Å². The maximum atomic E-state index is 10.1. The molecule has 1 aliphatic heterocycles. The molecular weight excluding hydrogens is 375 g/mol. The number of aliphatic hydroxyl groups is 1. The van der Waals surface area contributed by atoms with Crippen molar-refractivity contribution >= 4 is 41.4 Å². The van der Waals surface area contributed by atoms with Gasteiger partial charge >= 0.3 is 0 Å². The van der Waals surface area contributed by atoms with E-state index in [4.69, 9.17) is 10.6 Å². The summed E-state index contributed by atoms with van der Waals surface area (Å²) in [5.41, 5.74) is 6.60. The van der Waals surface area contributed by atoms with Gasteiger partial charge in [-0.15, -0.1) is 24.8 Å². The number of nitrogens with zero attached hydrogens (tertiary/aromatic N) is 3. The number of halogens is 2. The van der Waals surface area contributed by atoms with Crippen molar-refractivity contribution in [2.24, 2.45) is 10.9 Å². The lowest BCUT2D eigenvalue weighted by Gasteiger charge is -2.27. The largest absolute Gasteiger partial charge is 0.391 e. The van der Waals surface area contributed by atoms with E-state index in [1.807, 2.05) is 30.3 Å². The molecule has 6 nitrogen and oxygen atoms in total. The van der Waals surface area contributed by atoms with Crippen LogP contribution in [-0.4, -0.2) is 53.2 Å². The van der Waals surface area contributed by atoms with Gasteiger partial charge in [0.1, 0.15) is 18.4 Å². The molecule has 0 bridgehead atoms. The van der Waals surface area contributed by atoms with Crippen molar-refractivity contribution in [2.75, 3.05) is 26.2 Å². The zero-order chi connectivity index (χ0) is 16.8. The smallest absolute Gasteiger partial charge is 0.189 e. The molecule has 3 rings (SSSR count). The molecule has 1 aliphatic rings. The lowest BCUT2D eigenvalue weighted by atomic mass is 10.1. The first-order valence-electron chi connectivity index (χ1n) is 8.44. The molecule has 1 aromatic heterocycles. The second kappa shape index (κ2) is 11.2. The van der Waals surface area contributed by atoms with Crippen molar-refractivity contribution in [1.82, 2.24) is 9.88 Å². The Morgan fingerprint density at radius 3 is 2.69 bits per heavy atom. The maximum Gasteiger partial charge on any atom is 0.189 e. The summed E-state index contributed by atoms with van der Waals surface area (Å²) in [4.78, 5) is 11.8. The molecule has 26 heavy (non-hydrogen) atoms. The number of amidine groups is 1. The Hall–Kier alpha value is -1.60. The van der Waals surface area contributed by atoms with Crippen LogP contribution in [0.4, 0.5) is 0 Å². The van der Waals surface area contributed by atoms with Crippen LogP contribution in [0.1, 0.15) is 25.0 Å². The fraction of sp³-hybridized carbons (Fsp3) is 0.444. The third-order valence-corrected chi connectivity index (χ3v) is 4.26. The molecule has 2 aromatic rings. The molecule has 1 unspecified atom stereocenters. The molecule has 2 heterocycles. The van der Waals surface area contributed by atoms with Crippen LogP contribution in [0.15, 0.2) is 41.7 Å². The van der Waals surface area contributed by atoms with E-state index in [1.165, 1.54) is 19.3 Å². The van der Waals surface area contributed by atoms with Crippen LogP contribution in [-0.2, 0) is 4.84 Å². The highest BCUT2D eigenvalue weighted by atomic mass is 35.5. The SMILES string of the molecule is Cl.Cl.N/C(=N/OCC(O)CN1CCCCC1)c1nccc2ccccc12. The number of aromatic nitrogens is 1. The first-order chi connectivity index (χ1) is 11.7. The summed E-state index contributed by atoms with van der Waals surface area (Å²) in [5.74, 6) is 0.219. The Kier molecular flexibility index (Phi) is 9.65. The molecule has 144 valence electrons. The summed E-state index contributed by atoms with van der Waals surface area (Å²) in [6.45, 7) is 2.83. The van der Waals surface area contributed by atoms with E-state index in [-0.39, 0.29) is 37.3 Å². The van der Waals surface area contributed by atoms with Crippen LogP contribution in [0, 0.1) is 0 Å². The van der Waals surface area contributed by atoms with Crippen molar-refractivity contribution < 1.29 is 9.94 Å². The van der Waals surface area contributed by atoms with Crippen LogP contribution in [0.2, 0.25) is 0 Å². The minimum Gasteiger partial charge on any atom is -0.391 e. The number of aliphatic hydroxyl groups excluding tert-OH is 1. The maximum absolute atomic E-state index is 10.1. The van der Waals surface area contributed by atoms with Gasteiger partial charge in [-0.2, -0.15) is 0 Å². The summed E-state index contributed by atoms with van der Waals surface area (Å²) >= 11 is 0. The van der Waals surface area contributed by atoms with Crippen LogP contribution in [0.25, 0.3) is 10.8 Å². The van der Waals surface area contributed by atoms with Gasteiger partial charge < -0.3 is 20.6 Å². The molecular formula is C18H26Cl2N4O2. The van der Waals surface area contributed by atoms with E-state index < -0.39 is 6.10 Å². The van der Waals surface area contributed by atoms with Crippen molar-refractivity contribution in [2.45, 2.75) is 25.4 Å². The second-order valence-corrected chi connectivity index (χ2v) is 6.17. The Morgan fingerprint density at radius 1 is 1.19 bits per heavy atom. The number of likely N-dealkylation sites (tertiary alicyclic amines) is 1. The van der Waals surface area contributed by atoms with E-state index in [9.17, 15) is 5.11 Å². The number of pyridine rings is 1. The average molecular weight is 401 g/mol. The first kappa shape index (κ1) is 22.4. The van der Waals surface area contributed by atoms with E-state index in [0.717, 1.165) is 23.9 Å². The Labute approximate surface area is 166 Å². The van der Waals surface area contributed by atoms with E-state index in [1.54, 1.807) is 6.20 Å². The van der Waals surface area contributed by atoms with Crippen molar-refractivity contribution in [3.63, 3.8) is 0 Å². The lowest BCUT2D eigenvalue weighted by molar-refractivity contribution is 0.0157. The number of piperidine rings is 1. The number of hydrogen-bond donors (Lipinski definition) is 2. The van der Waals surface area contributed by atoms with Crippen molar-refractivity contribution in [3.05, 3.63) is 42.2 Å². The van der Waals surface area contributed by atoms with Gasteiger partial charge in [0.25, 0.3) is 0 Å². The normalized spacial score (nSPS) is 16.4. The summed E-state index contributed by atoms with van der Waals surface area (Å²) in [5, 5.41) is 16.0. The third kappa shape index (κ3) is 5.99. The predicted molar refractivity (Wildman–Crippen MR) is 109 cm³/mol. The number of β-amino-alcohol motifs (C(OH)–C–C–N with tert-alkyl or cyclic N) is 1. The highest BCUT2D eigenvalue weighted by Crippen LogP contribution is 2.16. The molecule has 0 spiro atoms. The monoisotopic (exact) mass is 400 g/mol. The molecule has 1 saturated heterocycles. The molecule has 0 amide bonds. The highest BCUT2D eigenvalue weighted by molar-refractivity contribution is 6.06. The zero-order valence-corrected chi connectivity index (χ0v) is 16.2. The number of rotatable bonds is 6. The van der Waals surface area contributed by atoms with E-state index >= 15 is 0 Å². The number of fused-ring (bicyclic) bond motifs is 1. The quantitative estimate of drug-likeness (QED) is 0.442. The number of nitrogens with two attached hydrogens (primary N) is 1. The third-order valence-electron chi connectivity index (χ3n) is 4.26. The van der Waals surface area contributed by atoms with Gasteiger partial charge in [-0.3, -0.25) is 4.98 Å². The summed E-state index contributed by atoms with van der Waals surface area (Å²) < 4.78 is 0. The Balaban J connectivity index is 0.00000169. The fourth-order valence-electron chi connectivity index (χ4n) is 3.05. The fourth-order valence-corrected chi connectivity index (χ4v) is 3.05. The second-order valence-electron chi connectivity index (χ2n) is 6.17. The van der Waals surface area contributed by atoms with Gasteiger partial charge in [-0.1, -0.05) is 35.8 Å². The minimum atomic E-state index is -0.569. The van der Waals surface area contributed by atoms with Gasteiger partial charge in [0.05, 0.1) is 0 Å². The molecule has 8 heteroatoms. The van der Waals surface area contributed by atoms with Gasteiger partial charge in [0.2, 0.25) is 0 Å². The molecule has 0 saturated carbocycles. The minimum absolute atomic E-state index is 0. The lowest BCUT2D eigenvalue weighted by Crippen LogP contribution is -2.38. The predicted octanol–water partition coefficient (Wildman–Crippen LogP) is 2.56. The standard InChI is InChI=1S/C18H24N4O2.2ClH/c19-18(17-16-7-3-2-6-14(16)8-9-20-17)21-24-13-15(23)12-22-10-4-1-5-11-22;;/h2-3,6-9,15,23H,1,4-5,10-13H2,(H2,19,21);2*1H. The van der Waals surface area contributed by atoms with Gasteiger partial charge in [-0.05, 0) is 37.4 Å². The van der Waals surface area contributed by atoms with E-state index in [2.05, 4.69) is 15.0 Å². The molecule has 3 N–H and O–H groups in total. The number of oxime groups is 1. The average Bonchev–Trinajstić information content (AvgIpc) is 2.62. The van der Waals surface area contributed by atoms with E-state index in [0.29, 0.717) is 12.2 Å². The number of benzene rings is 1. The van der Waals surface area contributed by atoms with Crippen LogP contribution in [0.5, 0.6) is 0 Å². The van der Waals surface area contributed by atoms with Gasteiger partial charge in [0.15, 0.2) is 5.84 Å². The highest BCUT2D eigenvalue weighted by Gasteiger charge is 2.15. The van der Waals surface area contributed by atoms with Crippen LogP contribution < -0.4 is 5.73 Å². The summed E-state index contributed by atoms with van der Waals surface area (Å²) in [6.07, 6.45) is 4.81. The first-order valence-corrected chi connectivity index (χ1v) is 8.44. The summed E-state index contributed by atoms with van der Waals surface area (Å²) in [6, 6.07) is 9.77. The molecule has 1 fully saturated rings. The van der Waals surface area contributed by atoms with Gasteiger partial charge in [-0.25, -0.2) is 0 Å². The Morgan fingerprint density at radius 2 is 1.92 bits per heavy atom. The molecule has 1 aromatic carbocycles.